The van der Waals surface area contributed by atoms with Crippen LogP contribution in [0.1, 0.15) is 33.6 Å². The van der Waals surface area contributed by atoms with Crippen molar-refractivity contribution in [3.05, 3.63) is 0 Å². The fraction of sp³-hybridized carbons (Fsp3) is 0.929. The van der Waals surface area contributed by atoms with Crippen molar-refractivity contribution in [1.29, 1.82) is 0 Å². The molecular formula is C14H24FNO2. The Morgan fingerprint density at radius 1 is 1.22 bits per heavy atom. The second kappa shape index (κ2) is 5.16. The van der Waals surface area contributed by atoms with Crippen LogP contribution in [0.4, 0.5) is 4.39 Å². The van der Waals surface area contributed by atoms with Gasteiger partial charge in [0.2, 0.25) is 5.91 Å². The molecule has 2 aliphatic rings. The third-order valence-corrected chi connectivity index (χ3v) is 4.24. The van der Waals surface area contributed by atoms with Crippen LogP contribution >= 0.6 is 0 Å². The smallest absolute Gasteiger partial charge is 0.225 e. The molecule has 0 saturated carbocycles. The monoisotopic (exact) mass is 257 g/mol. The largest absolute Gasteiger partial charge is 0.381 e. The highest BCUT2D eigenvalue weighted by atomic mass is 19.1. The summed E-state index contributed by atoms with van der Waals surface area (Å²) in [4.78, 5) is 14.1. The number of amides is 1. The summed E-state index contributed by atoms with van der Waals surface area (Å²) < 4.78 is 19.3. The van der Waals surface area contributed by atoms with Crippen LogP contribution in [0.2, 0.25) is 0 Å². The minimum atomic E-state index is -0.881. The molecule has 0 aliphatic carbocycles. The lowest BCUT2D eigenvalue weighted by atomic mass is 9.79. The van der Waals surface area contributed by atoms with E-state index in [9.17, 15) is 9.18 Å². The lowest BCUT2D eigenvalue weighted by Crippen LogP contribution is -2.38. The minimum absolute atomic E-state index is 0.0405. The maximum atomic E-state index is 14.0. The average molecular weight is 257 g/mol. The number of rotatable bonds is 1. The molecule has 0 bridgehead atoms. The third-order valence-electron chi connectivity index (χ3n) is 4.24. The first-order valence-corrected chi connectivity index (χ1v) is 6.90. The fourth-order valence-corrected chi connectivity index (χ4v) is 2.96. The van der Waals surface area contributed by atoms with Crippen molar-refractivity contribution in [3.63, 3.8) is 0 Å². The third kappa shape index (κ3) is 2.85. The lowest BCUT2D eigenvalue weighted by molar-refractivity contribution is -0.137. The quantitative estimate of drug-likeness (QED) is 0.721. The van der Waals surface area contributed by atoms with Crippen LogP contribution in [0.5, 0.6) is 0 Å². The zero-order chi connectivity index (χ0) is 13.3. The van der Waals surface area contributed by atoms with Crippen molar-refractivity contribution in [3.8, 4) is 0 Å². The molecule has 104 valence electrons. The maximum Gasteiger partial charge on any atom is 0.225 e. The Hall–Kier alpha value is -0.640. The first kappa shape index (κ1) is 13.8. The number of hydrogen-bond donors (Lipinski definition) is 0. The molecule has 3 nitrogen and oxygen atoms in total. The molecule has 0 N–H and O–H groups in total. The van der Waals surface area contributed by atoms with Gasteiger partial charge in [-0.25, -0.2) is 4.39 Å². The van der Waals surface area contributed by atoms with Gasteiger partial charge >= 0.3 is 0 Å². The molecule has 0 unspecified atom stereocenters. The van der Waals surface area contributed by atoms with Gasteiger partial charge in [0.1, 0.15) is 6.17 Å². The molecule has 2 atom stereocenters. The highest BCUT2D eigenvalue weighted by molar-refractivity contribution is 5.79. The van der Waals surface area contributed by atoms with Crippen LogP contribution < -0.4 is 0 Å². The lowest BCUT2D eigenvalue weighted by Gasteiger charge is -2.29. The second-order valence-electron chi connectivity index (χ2n) is 6.62. The molecule has 1 amide bonds. The summed E-state index contributed by atoms with van der Waals surface area (Å²) in [5.74, 6) is 0.138. The Labute approximate surface area is 109 Å². The predicted molar refractivity (Wildman–Crippen MR) is 68.0 cm³/mol. The predicted octanol–water partition coefficient (Wildman–Crippen LogP) is 2.26. The summed E-state index contributed by atoms with van der Waals surface area (Å²) in [6.07, 6.45) is 0.688. The molecule has 4 heteroatoms. The first-order chi connectivity index (χ1) is 8.39. The minimum Gasteiger partial charge on any atom is -0.381 e. The maximum absolute atomic E-state index is 14.0. The number of ether oxygens (including phenoxy) is 1. The van der Waals surface area contributed by atoms with Gasteiger partial charge in [0.25, 0.3) is 0 Å². The molecular weight excluding hydrogens is 233 g/mol. The van der Waals surface area contributed by atoms with Crippen molar-refractivity contribution in [2.24, 2.45) is 17.3 Å². The Bertz CT molecular complexity index is 307. The standard InChI is InChI=1S/C14H24FNO2/c1-14(2,3)11-8-16(9-12(11)15)13(17)10-4-6-18-7-5-10/h10-12H,4-9H2,1-3H3/t11-,12+/m1/s1. The van der Waals surface area contributed by atoms with Crippen LogP contribution in [-0.2, 0) is 9.53 Å². The Morgan fingerprint density at radius 3 is 2.33 bits per heavy atom. The average Bonchev–Trinajstić information content (AvgIpc) is 2.71. The van der Waals surface area contributed by atoms with Crippen LogP contribution in [0, 0.1) is 17.3 Å². The van der Waals surface area contributed by atoms with E-state index in [0.717, 1.165) is 12.8 Å². The highest BCUT2D eigenvalue weighted by Crippen LogP contribution is 2.36. The van der Waals surface area contributed by atoms with E-state index in [1.807, 2.05) is 20.8 Å². The van der Waals surface area contributed by atoms with Crippen LogP contribution in [0.15, 0.2) is 0 Å². The van der Waals surface area contributed by atoms with Crippen molar-refractivity contribution in [1.82, 2.24) is 4.90 Å². The molecule has 2 rings (SSSR count). The van der Waals surface area contributed by atoms with E-state index >= 15 is 0 Å². The van der Waals surface area contributed by atoms with E-state index in [1.165, 1.54) is 0 Å². The summed E-state index contributed by atoms with van der Waals surface area (Å²) in [6.45, 7) is 8.31. The van der Waals surface area contributed by atoms with E-state index in [4.69, 9.17) is 4.74 Å². The van der Waals surface area contributed by atoms with Gasteiger partial charge in [-0.3, -0.25) is 4.79 Å². The van der Waals surface area contributed by atoms with E-state index in [0.29, 0.717) is 19.8 Å². The second-order valence-corrected chi connectivity index (χ2v) is 6.62. The highest BCUT2D eigenvalue weighted by Gasteiger charge is 2.43. The van der Waals surface area contributed by atoms with E-state index in [-0.39, 0.29) is 29.7 Å². The normalized spacial score (nSPS) is 30.8. The molecule has 2 heterocycles. The molecule has 0 aromatic heterocycles. The molecule has 2 aliphatic heterocycles. The summed E-state index contributed by atoms with van der Waals surface area (Å²) in [7, 11) is 0. The molecule has 0 aromatic carbocycles. The summed E-state index contributed by atoms with van der Waals surface area (Å²) in [5.41, 5.74) is -0.0792. The Morgan fingerprint density at radius 2 is 1.83 bits per heavy atom. The molecule has 18 heavy (non-hydrogen) atoms. The zero-order valence-electron chi connectivity index (χ0n) is 11.6. The van der Waals surface area contributed by atoms with Gasteiger partial charge in [-0.2, -0.15) is 0 Å². The van der Waals surface area contributed by atoms with Gasteiger partial charge in [0.15, 0.2) is 0 Å². The number of nitrogens with zero attached hydrogens (tertiary/aromatic N) is 1. The van der Waals surface area contributed by atoms with Crippen molar-refractivity contribution in [2.45, 2.75) is 39.8 Å². The molecule has 0 aromatic rings. The number of halogens is 1. The van der Waals surface area contributed by atoms with Gasteiger partial charge < -0.3 is 9.64 Å². The molecule has 0 spiro atoms. The number of hydrogen-bond acceptors (Lipinski definition) is 2. The number of carbonyl (C=O) groups excluding carboxylic acids is 1. The van der Waals surface area contributed by atoms with Crippen LogP contribution in [0.3, 0.4) is 0 Å². The van der Waals surface area contributed by atoms with Crippen LogP contribution in [-0.4, -0.2) is 43.3 Å². The van der Waals surface area contributed by atoms with Crippen molar-refractivity contribution in [2.75, 3.05) is 26.3 Å². The SMILES string of the molecule is CC(C)(C)[C@@H]1CN(C(=O)C2CCOCC2)C[C@@H]1F. The van der Waals surface area contributed by atoms with E-state index < -0.39 is 6.17 Å². The molecule has 0 radical (unpaired) electrons. The van der Waals surface area contributed by atoms with Gasteiger partial charge in [-0.1, -0.05) is 20.8 Å². The van der Waals surface area contributed by atoms with Gasteiger partial charge in [-0.05, 0) is 18.3 Å². The zero-order valence-corrected chi connectivity index (χ0v) is 11.6. The first-order valence-electron chi connectivity index (χ1n) is 6.90. The fourth-order valence-electron chi connectivity index (χ4n) is 2.96. The van der Waals surface area contributed by atoms with E-state index in [2.05, 4.69) is 0 Å². The Balaban J connectivity index is 1.96. The van der Waals surface area contributed by atoms with Crippen molar-refractivity contribution >= 4 is 5.91 Å². The number of alkyl halides is 1. The Kier molecular flexibility index (Phi) is 3.95. The van der Waals surface area contributed by atoms with E-state index in [1.54, 1.807) is 4.90 Å². The number of likely N-dealkylation sites (tertiary alicyclic amines) is 1. The summed E-state index contributed by atoms with van der Waals surface area (Å²) in [5, 5.41) is 0. The van der Waals surface area contributed by atoms with Gasteiger partial charge in [0, 0.05) is 31.6 Å². The van der Waals surface area contributed by atoms with Crippen LogP contribution in [0.25, 0.3) is 0 Å². The van der Waals surface area contributed by atoms with Gasteiger partial charge in [-0.15, -0.1) is 0 Å². The summed E-state index contributed by atoms with van der Waals surface area (Å²) in [6, 6.07) is 0. The summed E-state index contributed by atoms with van der Waals surface area (Å²) >= 11 is 0. The topological polar surface area (TPSA) is 29.5 Å². The molecule has 2 fully saturated rings. The molecule has 2 saturated heterocycles. The van der Waals surface area contributed by atoms with Gasteiger partial charge in [0.05, 0.1) is 6.54 Å². The number of carbonyl (C=O) groups is 1. The van der Waals surface area contributed by atoms with Crippen molar-refractivity contribution < 1.29 is 13.9 Å².